The molecule has 4 N–H and O–H groups in total. The Bertz CT molecular complexity index is 691. The summed E-state index contributed by atoms with van der Waals surface area (Å²) in [6, 6.07) is 11.8. The lowest BCUT2D eigenvalue weighted by Gasteiger charge is -2.34. The third-order valence-corrected chi connectivity index (χ3v) is 3.46. The first kappa shape index (κ1) is 12.6. The van der Waals surface area contributed by atoms with E-state index in [1.54, 1.807) is 4.90 Å². The fraction of sp³-hybridized carbons (Fsp3) is 0.200. The van der Waals surface area contributed by atoms with Gasteiger partial charge in [-0.05, 0) is 24.6 Å². The third-order valence-electron chi connectivity index (χ3n) is 3.46. The minimum atomic E-state index is -0.466. The summed E-state index contributed by atoms with van der Waals surface area (Å²) in [4.78, 5) is 6.32. The molecule has 3 rings (SSSR count). The number of amidine groups is 1. The predicted molar refractivity (Wildman–Crippen MR) is 81.4 cm³/mol. The van der Waals surface area contributed by atoms with Crippen LogP contribution in [-0.4, -0.2) is 17.1 Å². The molecule has 0 bridgehead atoms. The largest absolute Gasteiger partial charge is 0.359 e. The number of rotatable bonds is 2. The van der Waals surface area contributed by atoms with Crippen molar-refractivity contribution in [2.75, 3.05) is 4.90 Å². The van der Waals surface area contributed by atoms with Gasteiger partial charge in [0.25, 0.3) is 0 Å². The molecule has 0 saturated heterocycles. The van der Waals surface area contributed by atoms with Gasteiger partial charge in [0.15, 0.2) is 6.29 Å². The molecule has 20 heavy (non-hydrogen) atoms. The van der Waals surface area contributed by atoms with Crippen molar-refractivity contribution >= 4 is 22.6 Å². The molecule has 1 aliphatic rings. The maximum atomic E-state index is 8.28. The van der Waals surface area contributed by atoms with Crippen LogP contribution >= 0.6 is 0 Å². The molecule has 1 atom stereocenters. The van der Waals surface area contributed by atoms with E-state index in [0.29, 0.717) is 11.7 Å². The fourth-order valence-electron chi connectivity index (χ4n) is 2.34. The fourth-order valence-corrected chi connectivity index (χ4v) is 2.34. The van der Waals surface area contributed by atoms with Crippen molar-refractivity contribution in [2.24, 2.45) is 5.73 Å². The van der Waals surface area contributed by atoms with Gasteiger partial charge < -0.3 is 5.32 Å². The lowest BCUT2D eigenvalue weighted by atomic mass is 10.1. The number of pyridine rings is 1. The van der Waals surface area contributed by atoms with Gasteiger partial charge in [-0.1, -0.05) is 25.1 Å². The summed E-state index contributed by atoms with van der Waals surface area (Å²) < 4.78 is 0. The Labute approximate surface area is 117 Å². The van der Waals surface area contributed by atoms with E-state index in [0.717, 1.165) is 22.9 Å². The zero-order chi connectivity index (χ0) is 14.1. The van der Waals surface area contributed by atoms with Crippen LogP contribution in [0.3, 0.4) is 0 Å². The highest BCUT2D eigenvalue weighted by atomic mass is 15.4. The van der Waals surface area contributed by atoms with Gasteiger partial charge in [-0.25, -0.2) is 4.98 Å². The Morgan fingerprint density at radius 3 is 2.90 bits per heavy atom. The van der Waals surface area contributed by atoms with E-state index in [4.69, 9.17) is 11.1 Å². The molecule has 1 unspecified atom stereocenters. The number of nitrogens with two attached hydrogens (primary N) is 1. The molecule has 5 heteroatoms. The van der Waals surface area contributed by atoms with Gasteiger partial charge in [0.05, 0.1) is 5.52 Å². The zero-order valence-electron chi connectivity index (χ0n) is 11.3. The number of fused-ring (bicyclic) bond motifs is 1. The summed E-state index contributed by atoms with van der Waals surface area (Å²) in [6.45, 7) is 2.02. The summed E-state index contributed by atoms with van der Waals surface area (Å²) in [5.74, 6) is 1.09. The summed E-state index contributed by atoms with van der Waals surface area (Å²) in [5.41, 5.74) is 7.87. The molecular formula is C15H17N5. The molecule has 0 fully saturated rings. The summed E-state index contributed by atoms with van der Waals surface area (Å²) in [7, 11) is 0. The quantitative estimate of drug-likeness (QED) is 0.779. The molecule has 0 spiro atoms. The molecule has 1 aromatic carbocycles. The standard InChI is InChI=1S/C15H17N5/c1-2-10-9-18-15(17)20(14(10)16)13-8-7-11-5-3-4-6-12(11)19-13/h3-9,15-16,18H,2,17H2,1H3. The number of para-hydroxylation sites is 1. The smallest absolute Gasteiger partial charge is 0.159 e. The van der Waals surface area contributed by atoms with Gasteiger partial charge in [0.2, 0.25) is 0 Å². The van der Waals surface area contributed by atoms with Crippen molar-refractivity contribution in [3.63, 3.8) is 0 Å². The second-order valence-electron chi connectivity index (χ2n) is 4.72. The van der Waals surface area contributed by atoms with Gasteiger partial charge in [-0.15, -0.1) is 0 Å². The molecule has 2 aromatic rings. The first-order valence-electron chi connectivity index (χ1n) is 6.65. The summed E-state index contributed by atoms with van der Waals surface area (Å²) in [5, 5.41) is 12.4. The summed E-state index contributed by atoms with van der Waals surface area (Å²) >= 11 is 0. The first-order valence-corrected chi connectivity index (χ1v) is 6.65. The predicted octanol–water partition coefficient (Wildman–Crippen LogP) is 2.16. The van der Waals surface area contributed by atoms with Gasteiger partial charge in [0.1, 0.15) is 11.7 Å². The lowest BCUT2D eigenvalue weighted by molar-refractivity contribution is 0.607. The van der Waals surface area contributed by atoms with Gasteiger partial charge in [-0.2, -0.15) is 0 Å². The van der Waals surface area contributed by atoms with E-state index in [1.165, 1.54) is 0 Å². The molecule has 1 aromatic heterocycles. The first-order chi connectivity index (χ1) is 9.70. The van der Waals surface area contributed by atoms with E-state index in [-0.39, 0.29) is 0 Å². The zero-order valence-corrected chi connectivity index (χ0v) is 11.3. The molecule has 0 aliphatic carbocycles. The minimum absolute atomic E-state index is 0.404. The monoisotopic (exact) mass is 267 g/mol. The molecule has 2 heterocycles. The highest BCUT2D eigenvalue weighted by molar-refractivity contribution is 6.08. The second kappa shape index (κ2) is 4.94. The van der Waals surface area contributed by atoms with Gasteiger partial charge in [-0.3, -0.25) is 16.0 Å². The van der Waals surface area contributed by atoms with Gasteiger partial charge in [0, 0.05) is 17.2 Å². The van der Waals surface area contributed by atoms with Crippen LogP contribution in [0.15, 0.2) is 48.2 Å². The van der Waals surface area contributed by atoms with Crippen molar-refractivity contribution < 1.29 is 0 Å². The Balaban J connectivity index is 2.05. The van der Waals surface area contributed by atoms with Crippen molar-refractivity contribution in [2.45, 2.75) is 19.6 Å². The molecule has 102 valence electrons. The van der Waals surface area contributed by atoms with Crippen molar-refractivity contribution in [1.82, 2.24) is 10.3 Å². The number of hydrogen-bond acceptors (Lipinski definition) is 4. The molecule has 1 aliphatic heterocycles. The topological polar surface area (TPSA) is 78.0 Å². The SMILES string of the molecule is CCC1=CNC(N)N(c2ccc3ccccc3n2)C1=N. The van der Waals surface area contributed by atoms with Crippen LogP contribution in [0.5, 0.6) is 0 Å². The van der Waals surface area contributed by atoms with Crippen LogP contribution in [-0.2, 0) is 0 Å². The highest BCUT2D eigenvalue weighted by Gasteiger charge is 2.25. The van der Waals surface area contributed by atoms with E-state index in [9.17, 15) is 0 Å². The summed E-state index contributed by atoms with van der Waals surface area (Å²) in [6.07, 6.45) is 2.12. The van der Waals surface area contributed by atoms with Crippen LogP contribution < -0.4 is 16.0 Å². The van der Waals surface area contributed by atoms with E-state index >= 15 is 0 Å². The van der Waals surface area contributed by atoms with E-state index < -0.39 is 6.29 Å². The van der Waals surface area contributed by atoms with Crippen molar-refractivity contribution in [3.8, 4) is 0 Å². The number of hydrogen-bond donors (Lipinski definition) is 3. The van der Waals surface area contributed by atoms with E-state index in [2.05, 4.69) is 10.3 Å². The molecule has 0 radical (unpaired) electrons. The number of nitrogens with one attached hydrogen (secondary N) is 2. The molecule has 5 nitrogen and oxygen atoms in total. The maximum Gasteiger partial charge on any atom is 0.159 e. The lowest BCUT2D eigenvalue weighted by Crippen LogP contribution is -2.56. The van der Waals surface area contributed by atoms with Crippen molar-refractivity contribution in [3.05, 3.63) is 48.2 Å². The average Bonchev–Trinajstić information content (AvgIpc) is 2.47. The van der Waals surface area contributed by atoms with Crippen LogP contribution in [0.25, 0.3) is 10.9 Å². The average molecular weight is 267 g/mol. The van der Waals surface area contributed by atoms with Crippen LogP contribution in [0.4, 0.5) is 5.82 Å². The number of anilines is 1. The van der Waals surface area contributed by atoms with Crippen LogP contribution in [0.2, 0.25) is 0 Å². The van der Waals surface area contributed by atoms with Crippen molar-refractivity contribution in [1.29, 1.82) is 5.41 Å². The number of nitrogens with zero attached hydrogens (tertiary/aromatic N) is 2. The molecular weight excluding hydrogens is 250 g/mol. The van der Waals surface area contributed by atoms with Crippen LogP contribution in [0, 0.1) is 5.41 Å². The normalized spacial score (nSPS) is 18.9. The Hall–Kier alpha value is -2.40. The van der Waals surface area contributed by atoms with Gasteiger partial charge >= 0.3 is 0 Å². The molecule has 0 saturated carbocycles. The third kappa shape index (κ3) is 2.02. The maximum absolute atomic E-state index is 8.28. The Kier molecular flexibility index (Phi) is 3.12. The minimum Gasteiger partial charge on any atom is -0.359 e. The molecule has 0 amide bonds. The number of aromatic nitrogens is 1. The highest BCUT2D eigenvalue weighted by Crippen LogP contribution is 2.22. The second-order valence-corrected chi connectivity index (χ2v) is 4.72. The Morgan fingerprint density at radius 1 is 1.30 bits per heavy atom. The number of benzene rings is 1. The van der Waals surface area contributed by atoms with E-state index in [1.807, 2.05) is 49.5 Å². The Morgan fingerprint density at radius 2 is 2.10 bits per heavy atom. The van der Waals surface area contributed by atoms with Crippen LogP contribution in [0.1, 0.15) is 13.3 Å².